The van der Waals surface area contributed by atoms with Crippen LogP contribution in [0.15, 0.2) is 29.2 Å². The number of hydrogen-bond donors (Lipinski definition) is 1. The molecule has 1 rings (SSSR count). The molecule has 0 saturated carbocycles. The van der Waals surface area contributed by atoms with Crippen molar-refractivity contribution < 1.29 is 4.79 Å². The number of benzene rings is 1. The Bertz CT molecular complexity index is 294. The molecule has 3 heteroatoms. The third-order valence-corrected chi connectivity index (χ3v) is 2.79. The highest BCUT2D eigenvalue weighted by atomic mass is 32.2. The van der Waals surface area contributed by atoms with E-state index in [-0.39, 0.29) is 11.8 Å². The monoisotopic (exact) mass is 195 g/mol. The van der Waals surface area contributed by atoms with Crippen LogP contribution in [0.5, 0.6) is 0 Å². The molecule has 70 valence electrons. The average Bonchev–Trinajstić information content (AvgIpc) is 2.17. The van der Waals surface area contributed by atoms with E-state index in [0.717, 1.165) is 5.56 Å². The van der Waals surface area contributed by atoms with Crippen molar-refractivity contribution in [2.45, 2.75) is 17.7 Å². The van der Waals surface area contributed by atoms with Crippen LogP contribution >= 0.6 is 11.8 Å². The van der Waals surface area contributed by atoms with Crippen LogP contribution in [0.25, 0.3) is 0 Å². The SMILES string of the molecule is CSc1ccc(C(C)C(N)=O)cc1. The maximum atomic E-state index is 10.9. The molecule has 1 aromatic rings. The number of primary amides is 1. The Morgan fingerprint density at radius 3 is 2.31 bits per heavy atom. The minimum atomic E-state index is -0.281. The lowest BCUT2D eigenvalue weighted by molar-refractivity contribution is -0.119. The van der Waals surface area contributed by atoms with Crippen molar-refractivity contribution in [2.75, 3.05) is 6.26 Å². The quantitative estimate of drug-likeness (QED) is 0.750. The van der Waals surface area contributed by atoms with Crippen LogP contribution in [0.2, 0.25) is 0 Å². The van der Waals surface area contributed by atoms with Gasteiger partial charge in [0.15, 0.2) is 0 Å². The Morgan fingerprint density at radius 2 is 1.92 bits per heavy atom. The van der Waals surface area contributed by atoms with E-state index in [2.05, 4.69) is 0 Å². The van der Waals surface area contributed by atoms with E-state index in [1.807, 2.05) is 37.4 Å². The highest BCUT2D eigenvalue weighted by Gasteiger charge is 2.10. The van der Waals surface area contributed by atoms with Crippen LogP contribution in [0.3, 0.4) is 0 Å². The van der Waals surface area contributed by atoms with Gasteiger partial charge in [0, 0.05) is 4.90 Å². The Hall–Kier alpha value is -0.960. The van der Waals surface area contributed by atoms with Gasteiger partial charge >= 0.3 is 0 Å². The van der Waals surface area contributed by atoms with Gasteiger partial charge in [-0.05, 0) is 30.9 Å². The van der Waals surface area contributed by atoms with Crippen molar-refractivity contribution >= 4 is 17.7 Å². The summed E-state index contributed by atoms with van der Waals surface area (Å²) in [7, 11) is 0. The fraction of sp³-hybridized carbons (Fsp3) is 0.300. The summed E-state index contributed by atoms with van der Waals surface area (Å²) in [6, 6.07) is 7.89. The Labute approximate surface area is 82.5 Å². The number of thioether (sulfide) groups is 1. The van der Waals surface area contributed by atoms with Gasteiger partial charge in [-0.2, -0.15) is 0 Å². The van der Waals surface area contributed by atoms with Crippen LogP contribution in [0.1, 0.15) is 18.4 Å². The zero-order valence-corrected chi connectivity index (χ0v) is 8.60. The van der Waals surface area contributed by atoms with Crippen molar-refractivity contribution in [3.05, 3.63) is 29.8 Å². The molecule has 2 N–H and O–H groups in total. The molecule has 1 aromatic carbocycles. The molecule has 0 aromatic heterocycles. The van der Waals surface area contributed by atoms with E-state index in [1.54, 1.807) is 11.8 Å². The lowest BCUT2D eigenvalue weighted by Crippen LogP contribution is -2.18. The molecule has 0 radical (unpaired) electrons. The molecule has 0 aliphatic carbocycles. The molecule has 13 heavy (non-hydrogen) atoms. The van der Waals surface area contributed by atoms with E-state index >= 15 is 0 Å². The number of carbonyl (C=O) groups excluding carboxylic acids is 1. The van der Waals surface area contributed by atoms with Crippen LogP contribution in [-0.2, 0) is 4.79 Å². The number of rotatable bonds is 3. The van der Waals surface area contributed by atoms with E-state index in [9.17, 15) is 4.79 Å². The Balaban J connectivity index is 2.85. The van der Waals surface area contributed by atoms with Gasteiger partial charge in [-0.15, -0.1) is 11.8 Å². The summed E-state index contributed by atoms with van der Waals surface area (Å²) in [5.74, 6) is -0.479. The second-order valence-corrected chi connectivity index (χ2v) is 3.78. The molecule has 0 fully saturated rings. The van der Waals surface area contributed by atoms with Crippen molar-refractivity contribution in [3.63, 3.8) is 0 Å². The molecule has 0 heterocycles. The number of hydrogen-bond acceptors (Lipinski definition) is 2. The van der Waals surface area contributed by atoms with Gasteiger partial charge in [0.05, 0.1) is 5.92 Å². The maximum absolute atomic E-state index is 10.9. The summed E-state index contributed by atoms with van der Waals surface area (Å²) < 4.78 is 0. The van der Waals surface area contributed by atoms with Crippen molar-refractivity contribution in [1.82, 2.24) is 0 Å². The molecule has 1 amide bonds. The highest BCUT2D eigenvalue weighted by molar-refractivity contribution is 7.98. The molecule has 1 atom stereocenters. The van der Waals surface area contributed by atoms with Crippen LogP contribution in [0.4, 0.5) is 0 Å². The van der Waals surface area contributed by atoms with Gasteiger partial charge in [0.1, 0.15) is 0 Å². The smallest absolute Gasteiger partial charge is 0.224 e. The van der Waals surface area contributed by atoms with E-state index in [4.69, 9.17) is 5.73 Å². The lowest BCUT2D eigenvalue weighted by Gasteiger charge is -2.07. The second kappa shape index (κ2) is 4.33. The van der Waals surface area contributed by atoms with Gasteiger partial charge < -0.3 is 5.73 Å². The Morgan fingerprint density at radius 1 is 1.38 bits per heavy atom. The zero-order valence-electron chi connectivity index (χ0n) is 7.78. The third-order valence-electron chi connectivity index (χ3n) is 2.04. The first kappa shape index (κ1) is 10.1. The number of amides is 1. The molecule has 0 bridgehead atoms. The number of nitrogens with two attached hydrogens (primary N) is 1. The standard InChI is InChI=1S/C10H13NOS/c1-7(10(11)12)8-3-5-9(13-2)6-4-8/h3-7H,1-2H3,(H2,11,12). The largest absolute Gasteiger partial charge is 0.369 e. The molecular weight excluding hydrogens is 182 g/mol. The zero-order chi connectivity index (χ0) is 9.84. The fourth-order valence-electron chi connectivity index (χ4n) is 1.06. The van der Waals surface area contributed by atoms with Gasteiger partial charge in [0.25, 0.3) is 0 Å². The molecule has 1 unspecified atom stereocenters. The summed E-state index contributed by atoms with van der Waals surface area (Å²) in [5.41, 5.74) is 6.17. The Kier molecular flexibility index (Phi) is 3.37. The first-order chi connectivity index (χ1) is 6.15. The highest BCUT2D eigenvalue weighted by Crippen LogP contribution is 2.19. The minimum absolute atomic E-state index is 0.198. The summed E-state index contributed by atoms with van der Waals surface area (Å²) in [6.45, 7) is 1.82. The van der Waals surface area contributed by atoms with Crippen molar-refractivity contribution in [1.29, 1.82) is 0 Å². The first-order valence-corrected chi connectivity index (χ1v) is 5.31. The first-order valence-electron chi connectivity index (χ1n) is 4.08. The maximum Gasteiger partial charge on any atom is 0.224 e. The van der Waals surface area contributed by atoms with E-state index in [1.165, 1.54) is 4.90 Å². The molecule has 0 saturated heterocycles. The topological polar surface area (TPSA) is 43.1 Å². The minimum Gasteiger partial charge on any atom is -0.369 e. The van der Waals surface area contributed by atoms with Crippen LogP contribution in [0, 0.1) is 0 Å². The second-order valence-electron chi connectivity index (χ2n) is 2.90. The predicted octanol–water partition coefficient (Wildman–Crippen LogP) is 2.00. The molecule has 0 aliphatic heterocycles. The lowest BCUT2D eigenvalue weighted by atomic mass is 10.0. The summed E-state index contributed by atoms with van der Waals surface area (Å²) in [5, 5.41) is 0. The van der Waals surface area contributed by atoms with Gasteiger partial charge in [-0.1, -0.05) is 12.1 Å². The molecule has 2 nitrogen and oxygen atoms in total. The normalized spacial score (nSPS) is 12.5. The molecule has 0 aliphatic rings. The van der Waals surface area contributed by atoms with E-state index < -0.39 is 0 Å². The fourth-order valence-corrected chi connectivity index (χ4v) is 1.47. The summed E-state index contributed by atoms with van der Waals surface area (Å²) in [4.78, 5) is 12.1. The summed E-state index contributed by atoms with van der Waals surface area (Å²) >= 11 is 1.68. The summed E-state index contributed by atoms with van der Waals surface area (Å²) in [6.07, 6.45) is 2.02. The number of carbonyl (C=O) groups is 1. The third kappa shape index (κ3) is 2.49. The van der Waals surface area contributed by atoms with Gasteiger partial charge in [-0.25, -0.2) is 0 Å². The molecule has 0 spiro atoms. The van der Waals surface area contributed by atoms with Gasteiger partial charge in [0.2, 0.25) is 5.91 Å². The molecular formula is C10H13NOS. The average molecular weight is 195 g/mol. The predicted molar refractivity (Wildman–Crippen MR) is 55.8 cm³/mol. The van der Waals surface area contributed by atoms with Gasteiger partial charge in [-0.3, -0.25) is 4.79 Å². The van der Waals surface area contributed by atoms with E-state index in [0.29, 0.717) is 0 Å². The van der Waals surface area contributed by atoms with Crippen molar-refractivity contribution in [2.24, 2.45) is 5.73 Å². The van der Waals surface area contributed by atoms with Crippen LogP contribution < -0.4 is 5.73 Å². The van der Waals surface area contributed by atoms with Crippen LogP contribution in [-0.4, -0.2) is 12.2 Å². The van der Waals surface area contributed by atoms with Crippen molar-refractivity contribution in [3.8, 4) is 0 Å².